The molecule has 1 unspecified atom stereocenters. The van der Waals surface area contributed by atoms with Gasteiger partial charge in [0.1, 0.15) is 5.76 Å². The summed E-state index contributed by atoms with van der Waals surface area (Å²) in [5, 5.41) is 7.27. The van der Waals surface area contributed by atoms with E-state index in [4.69, 9.17) is 4.42 Å². The molecule has 6 nitrogen and oxygen atoms in total. The van der Waals surface area contributed by atoms with E-state index in [9.17, 15) is 9.59 Å². The topological polar surface area (TPSA) is 77.1 Å². The monoisotopic (exact) mass is 329 g/mol. The van der Waals surface area contributed by atoms with Crippen molar-refractivity contribution in [3.63, 3.8) is 0 Å². The maximum atomic E-state index is 12.7. The van der Waals surface area contributed by atoms with Gasteiger partial charge in [0.2, 0.25) is 0 Å². The fourth-order valence-corrected chi connectivity index (χ4v) is 3.24. The molecule has 1 aliphatic carbocycles. The number of Topliss-reactive ketones (excluding diaryl/α,β-unsaturated/α-hetero) is 1. The molecule has 2 aromatic rings. The first-order chi connectivity index (χ1) is 11.5. The number of fused-ring (bicyclic) bond motifs is 1. The Morgan fingerprint density at radius 3 is 2.83 bits per heavy atom. The summed E-state index contributed by atoms with van der Waals surface area (Å²) >= 11 is 0. The second-order valence-corrected chi connectivity index (χ2v) is 6.19. The Morgan fingerprint density at radius 2 is 2.21 bits per heavy atom. The number of furan rings is 1. The van der Waals surface area contributed by atoms with Gasteiger partial charge >= 0.3 is 0 Å². The molecule has 3 rings (SSSR count). The minimum absolute atomic E-state index is 0.0767. The molecule has 24 heavy (non-hydrogen) atoms. The molecule has 0 bridgehead atoms. The Labute approximate surface area is 141 Å². The van der Waals surface area contributed by atoms with Gasteiger partial charge in [-0.15, -0.1) is 0 Å². The number of aryl methyl sites for hydroxylation is 2. The summed E-state index contributed by atoms with van der Waals surface area (Å²) < 4.78 is 7.56. The lowest BCUT2D eigenvalue weighted by Crippen LogP contribution is -2.28. The Hall–Kier alpha value is -2.37. The molecule has 6 heteroatoms. The van der Waals surface area contributed by atoms with Crippen molar-refractivity contribution in [3.8, 4) is 0 Å². The SMILES string of the molecule is CCC(NC(=O)c1oc2c(c1C)C(=O)CCC2)c1cnn(CC)c1. The van der Waals surface area contributed by atoms with Crippen LogP contribution in [-0.2, 0) is 13.0 Å². The highest BCUT2D eigenvalue weighted by atomic mass is 16.4. The largest absolute Gasteiger partial charge is 0.455 e. The van der Waals surface area contributed by atoms with Crippen LogP contribution in [0.15, 0.2) is 16.8 Å². The zero-order chi connectivity index (χ0) is 17.3. The van der Waals surface area contributed by atoms with Crippen molar-refractivity contribution in [2.45, 2.75) is 59.0 Å². The van der Waals surface area contributed by atoms with Crippen molar-refractivity contribution in [2.24, 2.45) is 0 Å². The van der Waals surface area contributed by atoms with E-state index in [0.29, 0.717) is 23.3 Å². The molecular formula is C18H23N3O3. The van der Waals surface area contributed by atoms with Crippen molar-refractivity contribution in [2.75, 3.05) is 0 Å². The normalized spacial score (nSPS) is 15.2. The maximum Gasteiger partial charge on any atom is 0.287 e. The molecule has 0 fully saturated rings. The second kappa shape index (κ2) is 6.63. The van der Waals surface area contributed by atoms with Crippen LogP contribution < -0.4 is 5.32 Å². The third kappa shape index (κ3) is 2.88. The van der Waals surface area contributed by atoms with Crippen LogP contribution in [0.25, 0.3) is 0 Å². The summed E-state index contributed by atoms with van der Waals surface area (Å²) in [6, 6.07) is -0.130. The van der Waals surface area contributed by atoms with E-state index in [2.05, 4.69) is 10.4 Å². The number of aromatic nitrogens is 2. The molecule has 0 radical (unpaired) electrons. The van der Waals surface area contributed by atoms with E-state index in [1.54, 1.807) is 13.1 Å². The Balaban J connectivity index is 1.82. The van der Waals surface area contributed by atoms with Crippen LogP contribution in [0.2, 0.25) is 0 Å². The zero-order valence-electron chi connectivity index (χ0n) is 14.4. The van der Waals surface area contributed by atoms with Gasteiger partial charge in [-0.25, -0.2) is 0 Å². The fraction of sp³-hybridized carbons (Fsp3) is 0.500. The number of amides is 1. The molecule has 1 atom stereocenters. The molecule has 1 N–H and O–H groups in total. The summed E-state index contributed by atoms with van der Waals surface area (Å²) in [5.41, 5.74) is 2.24. The summed E-state index contributed by atoms with van der Waals surface area (Å²) in [7, 11) is 0. The van der Waals surface area contributed by atoms with Gasteiger partial charge in [-0.2, -0.15) is 5.10 Å². The van der Waals surface area contributed by atoms with E-state index in [-0.39, 0.29) is 23.5 Å². The first-order valence-electron chi connectivity index (χ1n) is 8.53. The standard InChI is InChI=1S/C18H23N3O3/c1-4-13(12-9-19-21(5-2)10-12)20-18(23)17-11(3)16-14(22)7-6-8-15(16)24-17/h9-10,13H,4-8H2,1-3H3,(H,20,23). The van der Waals surface area contributed by atoms with Crippen LogP contribution in [0.1, 0.15) is 77.0 Å². The highest BCUT2D eigenvalue weighted by Gasteiger charge is 2.29. The quantitative estimate of drug-likeness (QED) is 0.914. The van der Waals surface area contributed by atoms with Crippen molar-refractivity contribution < 1.29 is 14.0 Å². The highest BCUT2D eigenvalue weighted by molar-refractivity contribution is 6.03. The number of nitrogens with one attached hydrogen (secondary N) is 1. The summed E-state index contributed by atoms with van der Waals surface area (Å²) in [5.74, 6) is 0.718. The van der Waals surface area contributed by atoms with Gasteiger partial charge in [0.05, 0.1) is 17.8 Å². The smallest absolute Gasteiger partial charge is 0.287 e. The van der Waals surface area contributed by atoms with Crippen molar-refractivity contribution in [3.05, 3.63) is 40.6 Å². The maximum absolute atomic E-state index is 12.7. The molecule has 1 aliphatic rings. The number of carbonyl (C=O) groups excluding carboxylic acids is 2. The predicted molar refractivity (Wildman–Crippen MR) is 89.1 cm³/mol. The van der Waals surface area contributed by atoms with Crippen LogP contribution in [-0.4, -0.2) is 21.5 Å². The first-order valence-corrected chi connectivity index (χ1v) is 8.53. The summed E-state index contributed by atoms with van der Waals surface area (Å²) in [6.07, 6.45) is 6.50. The molecular weight excluding hydrogens is 306 g/mol. The van der Waals surface area contributed by atoms with Crippen molar-refractivity contribution in [1.82, 2.24) is 15.1 Å². The van der Waals surface area contributed by atoms with Gasteiger partial charge in [0.15, 0.2) is 11.5 Å². The van der Waals surface area contributed by atoms with E-state index in [0.717, 1.165) is 31.4 Å². The molecule has 0 spiro atoms. The van der Waals surface area contributed by atoms with Crippen LogP contribution in [0.3, 0.4) is 0 Å². The molecule has 2 heterocycles. The lowest BCUT2D eigenvalue weighted by molar-refractivity contribution is 0.0902. The van der Waals surface area contributed by atoms with Gasteiger partial charge < -0.3 is 9.73 Å². The van der Waals surface area contributed by atoms with E-state index in [1.807, 2.05) is 24.7 Å². The van der Waals surface area contributed by atoms with Crippen LogP contribution >= 0.6 is 0 Å². The number of carbonyl (C=O) groups is 2. The van der Waals surface area contributed by atoms with Crippen LogP contribution in [0.5, 0.6) is 0 Å². The van der Waals surface area contributed by atoms with E-state index >= 15 is 0 Å². The Kier molecular flexibility index (Phi) is 4.55. The second-order valence-electron chi connectivity index (χ2n) is 6.19. The molecule has 128 valence electrons. The lowest BCUT2D eigenvalue weighted by Gasteiger charge is -2.14. The van der Waals surface area contributed by atoms with Crippen LogP contribution in [0.4, 0.5) is 0 Å². The van der Waals surface area contributed by atoms with Crippen molar-refractivity contribution in [1.29, 1.82) is 0 Å². The van der Waals surface area contributed by atoms with Gasteiger partial charge in [-0.05, 0) is 26.7 Å². The zero-order valence-corrected chi connectivity index (χ0v) is 14.4. The lowest BCUT2D eigenvalue weighted by atomic mass is 9.94. The molecule has 2 aromatic heterocycles. The van der Waals surface area contributed by atoms with Gasteiger partial charge in [-0.3, -0.25) is 14.3 Å². The highest BCUT2D eigenvalue weighted by Crippen LogP contribution is 2.29. The van der Waals surface area contributed by atoms with E-state index < -0.39 is 0 Å². The summed E-state index contributed by atoms with van der Waals surface area (Å²) in [4.78, 5) is 24.7. The number of ketones is 1. The Morgan fingerprint density at radius 1 is 1.42 bits per heavy atom. The van der Waals surface area contributed by atoms with Gasteiger partial charge in [-0.1, -0.05) is 6.92 Å². The molecule has 0 saturated heterocycles. The minimum Gasteiger partial charge on any atom is -0.455 e. The average Bonchev–Trinajstić information content (AvgIpc) is 3.18. The molecule has 1 amide bonds. The van der Waals surface area contributed by atoms with Crippen molar-refractivity contribution >= 4 is 11.7 Å². The third-order valence-electron chi connectivity index (χ3n) is 4.61. The predicted octanol–water partition coefficient (Wildman–Crippen LogP) is 3.20. The number of nitrogens with zero attached hydrogens (tertiary/aromatic N) is 2. The Bertz CT molecular complexity index is 773. The molecule has 0 aliphatic heterocycles. The number of hydrogen-bond acceptors (Lipinski definition) is 4. The first kappa shape index (κ1) is 16.5. The fourth-order valence-electron chi connectivity index (χ4n) is 3.24. The van der Waals surface area contributed by atoms with Gasteiger partial charge in [0.25, 0.3) is 5.91 Å². The molecule has 0 saturated carbocycles. The minimum atomic E-state index is -0.272. The third-order valence-corrected chi connectivity index (χ3v) is 4.61. The number of hydrogen-bond donors (Lipinski definition) is 1. The van der Waals surface area contributed by atoms with E-state index in [1.165, 1.54) is 0 Å². The average molecular weight is 329 g/mol. The summed E-state index contributed by atoms with van der Waals surface area (Å²) in [6.45, 7) is 6.61. The van der Waals surface area contributed by atoms with Crippen LogP contribution in [0, 0.1) is 6.92 Å². The number of rotatable bonds is 5. The van der Waals surface area contributed by atoms with Gasteiger partial charge in [0, 0.05) is 36.7 Å². The molecule has 0 aromatic carbocycles.